The summed E-state index contributed by atoms with van der Waals surface area (Å²) < 4.78 is 47.1. The molecule has 2 heterocycles. The summed E-state index contributed by atoms with van der Waals surface area (Å²) in [5.41, 5.74) is -0.907. The van der Waals surface area contributed by atoms with Gasteiger partial charge in [-0.2, -0.15) is 13.2 Å². The Bertz CT molecular complexity index is 842. The van der Waals surface area contributed by atoms with Gasteiger partial charge in [-0.25, -0.2) is 0 Å². The summed E-state index contributed by atoms with van der Waals surface area (Å²) in [7, 11) is 0. The summed E-state index contributed by atoms with van der Waals surface area (Å²) in [4.78, 5) is 39.4. The van der Waals surface area contributed by atoms with Gasteiger partial charge in [-0.05, 0) is 25.0 Å². The highest BCUT2D eigenvalue weighted by Crippen LogP contribution is 2.29. The summed E-state index contributed by atoms with van der Waals surface area (Å²) in [6, 6.07) is 2.90. The van der Waals surface area contributed by atoms with E-state index in [4.69, 9.17) is 4.74 Å². The van der Waals surface area contributed by atoms with Crippen molar-refractivity contribution in [2.75, 3.05) is 46.0 Å². The van der Waals surface area contributed by atoms with Crippen LogP contribution in [0.5, 0.6) is 5.75 Å². The topological polar surface area (TPSA) is 102 Å². The third-order valence-corrected chi connectivity index (χ3v) is 5.18. The minimum Gasteiger partial charge on any atom is -0.484 e. The van der Waals surface area contributed by atoms with Crippen molar-refractivity contribution in [2.45, 2.75) is 19.0 Å². The number of nitrogens with zero attached hydrogens (tertiary/aromatic N) is 3. The quantitative estimate of drug-likeness (QED) is 0.509. The van der Waals surface area contributed by atoms with Gasteiger partial charge in [0.05, 0.1) is 24.1 Å². The second kappa shape index (κ2) is 9.50. The molecule has 1 aromatic rings. The maximum Gasteiger partial charge on any atom is 0.422 e. The Labute approximate surface area is 175 Å². The summed E-state index contributed by atoms with van der Waals surface area (Å²) in [6.07, 6.45) is -3.48. The molecule has 0 N–H and O–H groups in total. The lowest BCUT2D eigenvalue weighted by atomic mass is 9.95. The zero-order valence-electron chi connectivity index (χ0n) is 16.6. The third-order valence-electron chi connectivity index (χ3n) is 5.18. The predicted octanol–water partition coefficient (Wildman–Crippen LogP) is 2.25. The largest absolute Gasteiger partial charge is 0.484 e. The van der Waals surface area contributed by atoms with Gasteiger partial charge in [-0.15, -0.1) is 0 Å². The molecule has 0 radical (unpaired) electrons. The highest BCUT2D eigenvalue weighted by molar-refractivity contribution is 5.99. The molecule has 0 spiro atoms. The standard InChI is InChI=1S/C19H22F3N3O6/c20-19(21,22)12-31-14-3-4-16(25(28)29)15(10-14)18(27)24-5-1-2-13(11-24)17(26)23-6-8-30-9-7-23/h3-4,10,13H,1-2,5-9,11-12H2. The first kappa shape index (κ1) is 22.8. The first-order valence-corrected chi connectivity index (χ1v) is 9.79. The van der Waals surface area contributed by atoms with Gasteiger partial charge in [0.25, 0.3) is 11.6 Å². The van der Waals surface area contributed by atoms with Crippen LogP contribution in [0.1, 0.15) is 23.2 Å². The molecule has 2 aliphatic rings. The van der Waals surface area contributed by atoms with Crippen molar-refractivity contribution in [2.24, 2.45) is 5.92 Å². The fourth-order valence-electron chi connectivity index (χ4n) is 3.68. The number of carbonyl (C=O) groups is 2. The van der Waals surface area contributed by atoms with Gasteiger partial charge in [0.2, 0.25) is 5.91 Å². The van der Waals surface area contributed by atoms with Crippen molar-refractivity contribution in [3.8, 4) is 5.75 Å². The van der Waals surface area contributed by atoms with E-state index in [1.165, 1.54) is 4.90 Å². The van der Waals surface area contributed by atoms with Crippen LogP contribution in [0.4, 0.5) is 18.9 Å². The van der Waals surface area contributed by atoms with Gasteiger partial charge in [-0.1, -0.05) is 0 Å². The molecular weight excluding hydrogens is 423 g/mol. The number of piperidine rings is 1. The monoisotopic (exact) mass is 445 g/mol. The molecule has 31 heavy (non-hydrogen) atoms. The van der Waals surface area contributed by atoms with Gasteiger partial charge in [0.1, 0.15) is 11.3 Å². The number of alkyl halides is 3. The van der Waals surface area contributed by atoms with Gasteiger partial charge in [0.15, 0.2) is 6.61 Å². The van der Waals surface area contributed by atoms with Crippen LogP contribution in [0.15, 0.2) is 18.2 Å². The first-order chi connectivity index (χ1) is 14.7. The van der Waals surface area contributed by atoms with Crippen LogP contribution in [0.3, 0.4) is 0 Å². The Morgan fingerprint density at radius 2 is 1.90 bits per heavy atom. The molecule has 0 aliphatic carbocycles. The fourth-order valence-corrected chi connectivity index (χ4v) is 3.68. The van der Waals surface area contributed by atoms with Gasteiger partial charge in [-0.3, -0.25) is 19.7 Å². The van der Waals surface area contributed by atoms with E-state index < -0.39 is 35.2 Å². The minimum absolute atomic E-state index is 0.0831. The molecule has 1 unspecified atom stereocenters. The molecule has 170 valence electrons. The summed E-state index contributed by atoms with van der Waals surface area (Å²) in [5, 5.41) is 11.4. The minimum atomic E-state index is -4.59. The van der Waals surface area contributed by atoms with E-state index in [1.54, 1.807) is 4.90 Å². The Kier molecular flexibility index (Phi) is 6.98. The van der Waals surface area contributed by atoms with E-state index in [9.17, 15) is 32.9 Å². The van der Waals surface area contributed by atoms with Crippen molar-refractivity contribution < 1.29 is 37.2 Å². The number of halogens is 3. The lowest BCUT2D eigenvalue weighted by Gasteiger charge is -2.36. The number of amides is 2. The molecular formula is C19H22F3N3O6. The van der Waals surface area contributed by atoms with E-state index in [1.807, 2.05) is 0 Å². The fraction of sp³-hybridized carbons (Fsp3) is 0.579. The van der Waals surface area contributed by atoms with Gasteiger partial charge < -0.3 is 19.3 Å². The van der Waals surface area contributed by atoms with Crippen molar-refractivity contribution >= 4 is 17.5 Å². The number of ether oxygens (including phenoxy) is 2. The average Bonchev–Trinajstić information content (AvgIpc) is 2.76. The zero-order chi connectivity index (χ0) is 22.6. The molecule has 9 nitrogen and oxygen atoms in total. The lowest BCUT2D eigenvalue weighted by molar-refractivity contribution is -0.385. The molecule has 0 bridgehead atoms. The first-order valence-electron chi connectivity index (χ1n) is 9.79. The maximum absolute atomic E-state index is 13.0. The SMILES string of the molecule is O=C(c1cc(OCC(F)(F)F)ccc1[N+](=O)[O-])N1CCCC(C(=O)N2CCOCC2)C1. The smallest absolute Gasteiger partial charge is 0.422 e. The number of likely N-dealkylation sites (tertiary alicyclic amines) is 1. The normalized spacial score (nSPS) is 19.8. The van der Waals surface area contributed by atoms with E-state index in [0.717, 1.165) is 18.2 Å². The summed E-state index contributed by atoms with van der Waals surface area (Å²) >= 11 is 0. The lowest BCUT2D eigenvalue weighted by Crippen LogP contribution is -2.49. The van der Waals surface area contributed by atoms with Crippen LogP contribution in [-0.2, 0) is 9.53 Å². The number of benzene rings is 1. The van der Waals surface area contributed by atoms with Crippen molar-refractivity contribution in [1.29, 1.82) is 0 Å². The Morgan fingerprint density at radius 1 is 1.19 bits per heavy atom. The predicted molar refractivity (Wildman–Crippen MR) is 101 cm³/mol. The molecule has 1 aromatic carbocycles. The molecule has 0 aromatic heterocycles. The Hall–Kier alpha value is -2.89. The van der Waals surface area contributed by atoms with Gasteiger partial charge >= 0.3 is 6.18 Å². The average molecular weight is 445 g/mol. The van der Waals surface area contributed by atoms with E-state index in [-0.39, 0.29) is 30.3 Å². The second-order valence-electron chi connectivity index (χ2n) is 7.37. The molecule has 2 amide bonds. The van der Waals surface area contributed by atoms with Crippen LogP contribution >= 0.6 is 0 Å². The second-order valence-corrected chi connectivity index (χ2v) is 7.37. The van der Waals surface area contributed by atoms with Crippen LogP contribution in [0.25, 0.3) is 0 Å². The highest BCUT2D eigenvalue weighted by atomic mass is 19.4. The Balaban J connectivity index is 1.76. The van der Waals surface area contributed by atoms with Gasteiger partial charge in [0, 0.05) is 32.2 Å². The summed E-state index contributed by atoms with van der Waals surface area (Å²) in [6.45, 7) is 0.603. The van der Waals surface area contributed by atoms with Crippen LogP contribution < -0.4 is 4.74 Å². The van der Waals surface area contributed by atoms with Crippen molar-refractivity contribution in [3.05, 3.63) is 33.9 Å². The summed E-state index contributed by atoms with van der Waals surface area (Å²) in [5.74, 6) is -1.56. The maximum atomic E-state index is 13.0. The number of rotatable bonds is 5. The molecule has 2 aliphatic heterocycles. The molecule has 3 rings (SSSR count). The Morgan fingerprint density at radius 3 is 2.55 bits per heavy atom. The van der Waals surface area contributed by atoms with Crippen LogP contribution in [-0.4, -0.2) is 78.7 Å². The number of hydrogen-bond acceptors (Lipinski definition) is 6. The molecule has 12 heteroatoms. The number of morpholine rings is 1. The zero-order valence-corrected chi connectivity index (χ0v) is 16.6. The van der Waals surface area contributed by atoms with E-state index >= 15 is 0 Å². The number of hydrogen-bond donors (Lipinski definition) is 0. The highest BCUT2D eigenvalue weighted by Gasteiger charge is 2.34. The number of carbonyl (C=O) groups excluding carboxylic acids is 2. The van der Waals surface area contributed by atoms with E-state index in [0.29, 0.717) is 39.1 Å². The molecule has 2 saturated heterocycles. The van der Waals surface area contributed by atoms with Crippen molar-refractivity contribution in [3.63, 3.8) is 0 Å². The number of nitro groups is 1. The van der Waals surface area contributed by atoms with Crippen LogP contribution in [0, 0.1) is 16.0 Å². The van der Waals surface area contributed by atoms with Crippen LogP contribution in [0.2, 0.25) is 0 Å². The molecule has 2 fully saturated rings. The molecule has 0 saturated carbocycles. The third kappa shape index (κ3) is 5.84. The molecule has 1 atom stereocenters. The number of nitro benzene ring substituents is 1. The van der Waals surface area contributed by atoms with E-state index in [2.05, 4.69) is 4.74 Å². The van der Waals surface area contributed by atoms with Crippen molar-refractivity contribution in [1.82, 2.24) is 9.80 Å².